The molecular formula is C18H30N2O3S. The van der Waals surface area contributed by atoms with E-state index >= 15 is 0 Å². The molecule has 0 bridgehead atoms. The Kier molecular flexibility index (Phi) is 7.04. The van der Waals surface area contributed by atoms with Gasteiger partial charge in [0.1, 0.15) is 17.1 Å². The van der Waals surface area contributed by atoms with E-state index < -0.39 is 5.60 Å². The van der Waals surface area contributed by atoms with Crippen LogP contribution < -0.4 is 5.32 Å². The number of ether oxygens (including phenoxy) is 1. The van der Waals surface area contributed by atoms with Crippen LogP contribution in [0.4, 0.5) is 4.79 Å². The zero-order valence-corrected chi connectivity index (χ0v) is 16.1. The molecule has 0 aliphatic carbocycles. The van der Waals surface area contributed by atoms with Gasteiger partial charge in [-0.05, 0) is 52.0 Å². The van der Waals surface area contributed by atoms with Gasteiger partial charge in [0.15, 0.2) is 0 Å². The zero-order valence-electron chi connectivity index (χ0n) is 15.3. The summed E-state index contributed by atoms with van der Waals surface area (Å²) in [6.45, 7) is 7.87. The van der Waals surface area contributed by atoms with Crippen molar-refractivity contribution in [1.29, 1.82) is 0 Å². The molecule has 1 amide bonds. The molecule has 6 heteroatoms. The smallest absolute Gasteiger partial charge is 0.410 e. The van der Waals surface area contributed by atoms with Crippen molar-refractivity contribution >= 4 is 17.9 Å². The summed E-state index contributed by atoms with van der Waals surface area (Å²) in [5.74, 6) is 2.86. The molecule has 2 rings (SSSR count). The number of nitrogens with one attached hydrogen (secondary N) is 1. The van der Waals surface area contributed by atoms with E-state index in [2.05, 4.69) is 11.6 Å². The molecule has 1 aromatic heterocycles. The molecule has 1 aliphatic heterocycles. The van der Waals surface area contributed by atoms with Crippen LogP contribution in [0.15, 0.2) is 16.5 Å². The molecule has 0 spiro atoms. The first-order chi connectivity index (χ1) is 11.4. The van der Waals surface area contributed by atoms with Gasteiger partial charge >= 0.3 is 6.09 Å². The number of hydrogen-bond donors (Lipinski definition) is 1. The fourth-order valence-corrected chi connectivity index (χ4v) is 3.22. The first kappa shape index (κ1) is 19.2. The zero-order chi connectivity index (χ0) is 17.6. The summed E-state index contributed by atoms with van der Waals surface area (Å²) in [5.41, 5.74) is -0.450. The SMILES string of the molecule is CSCc1ccc(CNC2CCCCN(C(=O)OC(C)(C)C)C2)o1. The minimum atomic E-state index is -0.450. The number of carbonyl (C=O) groups excluding carboxylic acids is 1. The molecule has 1 saturated heterocycles. The minimum Gasteiger partial charge on any atom is -0.464 e. The third kappa shape index (κ3) is 6.40. The number of hydrogen-bond acceptors (Lipinski definition) is 5. The van der Waals surface area contributed by atoms with E-state index in [1.165, 1.54) is 0 Å². The van der Waals surface area contributed by atoms with Gasteiger partial charge < -0.3 is 19.4 Å². The van der Waals surface area contributed by atoms with Gasteiger partial charge in [0, 0.05) is 19.1 Å². The summed E-state index contributed by atoms with van der Waals surface area (Å²) >= 11 is 1.75. The first-order valence-electron chi connectivity index (χ1n) is 8.65. The lowest BCUT2D eigenvalue weighted by atomic mass is 10.1. The van der Waals surface area contributed by atoms with Crippen molar-refractivity contribution in [2.24, 2.45) is 0 Å². The summed E-state index contributed by atoms with van der Waals surface area (Å²) in [4.78, 5) is 14.1. The molecule has 2 heterocycles. The summed E-state index contributed by atoms with van der Waals surface area (Å²) < 4.78 is 11.3. The average Bonchev–Trinajstić information content (AvgIpc) is 2.79. The normalized spacial score (nSPS) is 19.2. The van der Waals surface area contributed by atoms with Crippen molar-refractivity contribution in [2.45, 2.75) is 64.0 Å². The van der Waals surface area contributed by atoms with Gasteiger partial charge in [-0.15, -0.1) is 0 Å². The average molecular weight is 355 g/mol. The van der Waals surface area contributed by atoms with Gasteiger partial charge in [0.05, 0.1) is 12.3 Å². The van der Waals surface area contributed by atoms with Crippen molar-refractivity contribution in [2.75, 3.05) is 19.3 Å². The Balaban J connectivity index is 1.86. The standard InChI is InChI=1S/C18H30N2O3S/c1-18(2,3)23-17(21)20-10-6-5-7-14(12-20)19-11-15-8-9-16(22-15)13-24-4/h8-9,14,19H,5-7,10-13H2,1-4H3. The molecule has 1 aromatic rings. The lowest BCUT2D eigenvalue weighted by Crippen LogP contribution is -2.44. The van der Waals surface area contributed by atoms with Crippen molar-refractivity contribution in [3.8, 4) is 0 Å². The minimum absolute atomic E-state index is 0.212. The second-order valence-electron chi connectivity index (χ2n) is 7.30. The Bertz CT molecular complexity index is 525. The van der Waals surface area contributed by atoms with Crippen molar-refractivity contribution < 1.29 is 13.9 Å². The monoisotopic (exact) mass is 354 g/mol. The predicted molar refractivity (Wildman–Crippen MR) is 98.2 cm³/mol. The number of rotatable bonds is 5. The molecule has 5 nitrogen and oxygen atoms in total. The molecule has 1 atom stereocenters. The number of carbonyl (C=O) groups is 1. The van der Waals surface area contributed by atoms with Crippen LogP contribution in [0.25, 0.3) is 0 Å². The fourth-order valence-electron chi connectivity index (χ4n) is 2.78. The topological polar surface area (TPSA) is 54.7 Å². The van der Waals surface area contributed by atoms with Crippen LogP contribution in [0.3, 0.4) is 0 Å². The molecule has 1 unspecified atom stereocenters. The number of thioether (sulfide) groups is 1. The van der Waals surface area contributed by atoms with E-state index in [9.17, 15) is 4.79 Å². The molecule has 1 aliphatic rings. The summed E-state index contributed by atoms with van der Waals surface area (Å²) in [6, 6.07) is 4.34. The van der Waals surface area contributed by atoms with Crippen LogP contribution in [0.5, 0.6) is 0 Å². The molecule has 0 radical (unpaired) electrons. The molecule has 24 heavy (non-hydrogen) atoms. The van der Waals surface area contributed by atoms with E-state index in [1.807, 2.05) is 37.8 Å². The van der Waals surface area contributed by atoms with Crippen molar-refractivity contribution in [3.05, 3.63) is 23.7 Å². The molecule has 0 aromatic carbocycles. The highest BCUT2D eigenvalue weighted by Crippen LogP contribution is 2.17. The van der Waals surface area contributed by atoms with E-state index in [1.54, 1.807) is 11.8 Å². The molecule has 1 N–H and O–H groups in total. The number of amides is 1. The van der Waals surface area contributed by atoms with Crippen LogP contribution in [0.2, 0.25) is 0 Å². The first-order valence-corrected chi connectivity index (χ1v) is 10.0. The fraction of sp³-hybridized carbons (Fsp3) is 0.722. The van der Waals surface area contributed by atoms with Gasteiger partial charge in [-0.3, -0.25) is 0 Å². The predicted octanol–water partition coefficient (Wildman–Crippen LogP) is 4.02. The Hall–Kier alpha value is -1.14. The Morgan fingerprint density at radius 3 is 2.83 bits per heavy atom. The third-order valence-corrected chi connectivity index (χ3v) is 4.47. The molecule has 1 fully saturated rings. The lowest BCUT2D eigenvalue weighted by Gasteiger charge is -2.28. The van der Waals surface area contributed by atoms with E-state index in [0.717, 1.165) is 43.1 Å². The van der Waals surface area contributed by atoms with E-state index in [0.29, 0.717) is 13.1 Å². The lowest BCUT2D eigenvalue weighted by molar-refractivity contribution is 0.0243. The van der Waals surface area contributed by atoms with E-state index in [-0.39, 0.29) is 12.1 Å². The van der Waals surface area contributed by atoms with Crippen LogP contribution in [0, 0.1) is 0 Å². The highest BCUT2D eigenvalue weighted by Gasteiger charge is 2.26. The molecular weight excluding hydrogens is 324 g/mol. The van der Waals surface area contributed by atoms with Crippen LogP contribution in [-0.2, 0) is 17.0 Å². The molecule has 136 valence electrons. The second-order valence-corrected chi connectivity index (χ2v) is 8.17. The van der Waals surface area contributed by atoms with Gasteiger partial charge in [-0.1, -0.05) is 6.42 Å². The van der Waals surface area contributed by atoms with Gasteiger partial charge in [-0.2, -0.15) is 11.8 Å². The number of nitrogens with zero attached hydrogens (tertiary/aromatic N) is 1. The summed E-state index contributed by atoms with van der Waals surface area (Å²) in [7, 11) is 0. The Labute approximate surface area is 149 Å². The van der Waals surface area contributed by atoms with Gasteiger partial charge in [-0.25, -0.2) is 4.79 Å². The van der Waals surface area contributed by atoms with Crippen LogP contribution >= 0.6 is 11.8 Å². The Morgan fingerprint density at radius 2 is 2.12 bits per heavy atom. The molecule has 0 saturated carbocycles. The summed E-state index contributed by atoms with van der Waals surface area (Å²) in [6.07, 6.45) is 5.06. The highest BCUT2D eigenvalue weighted by atomic mass is 32.2. The summed E-state index contributed by atoms with van der Waals surface area (Å²) in [5, 5.41) is 3.53. The maximum atomic E-state index is 12.3. The van der Waals surface area contributed by atoms with Crippen molar-refractivity contribution in [1.82, 2.24) is 10.2 Å². The maximum absolute atomic E-state index is 12.3. The largest absolute Gasteiger partial charge is 0.464 e. The number of likely N-dealkylation sites (tertiary alicyclic amines) is 1. The second kappa shape index (κ2) is 8.81. The van der Waals surface area contributed by atoms with Gasteiger partial charge in [0.2, 0.25) is 0 Å². The highest BCUT2D eigenvalue weighted by molar-refractivity contribution is 7.97. The van der Waals surface area contributed by atoms with Crippen LogP contribution in [-0.4, -0.2) is 42.0 Å². The van der Waals surface area contributed by atoms with Gasteiger partial charge in [0.25, 0.3) is 0 Å². The van der Waals surface area contributed by atoms with Crippen molar-refractivity contribution in [3.63, 3.8) is 0 Å². The quantitative estimate of drug-likeness (QED) is 0.865. The van der Waals surface area contributed by atoms with Crippen LogP contribution in [0.1, 0.15) is 51.6 Å². The maximum Gasteiger partial charge on any atom is 0.410 e. The number of furan rings is 1. The Morgan fingerprint density at radius 1 is 1.38 bits per heavy atom. The third-order valence-electron chi connectivity index (χ3n) is 3.89. The van der Waals surface area contributed by atoms with E-state index in [4.69, 9.17) is 9.15 Å².